The molecule has 0 radical (unpaired) electrons. The molecule has 7 heteroatoms. The number of hydrogen-bond donors (Lipinski definition) is 2. The summed E-state index contributed by atoms with van der Waals surface area (Å²) in [6.07, 6.45) is 4.48. The third-order valence-corrected chi connectivity index (χ3v) is 4.34. The molecule has 0 aliphatic rings. The number of nitriles is 1. The Kier molecular flexibility index (Phi) is 6.95. The molecule has 0 aliphatic heterocycles. The van der Waals surface area contributed by atoms with E-state index < -0.39 is 0 Å². The molecule has 0 spiro atoms. The van der Waals surface area contributed by atoms with Gasteiger partial charge in [0.2, 0.25) is 0 Å². The molecule has 0 bridgehead atoms. The standard InChI is InChI=1S/C22H23FN6/c1-2-25-22(27-16-19-14-18(15-24)6-9-21(19)23)26-12-10-17-4-7-20(8-5-17)29-13-3-11-28-29/h3-9,11,13-14H,2,10,12,16H2,1H3,(H2,25,26,27). The van der Waals surface area contributed by atoms with Gasteiger partial charge in [-0.15, -0.1) is 0 Å². The Hall–Kier alpha value is -3.66. The van der Waals surface area contributed by atoms with Crippen LogP contribution >= 0.6 is 0 Å². The zero-order valence-electron chi connectivity index (χ0n) is 16.3. The summed E-state index contributed by atoms with van der Waals surface area (Å²) >= 11 is 0. The maximum Gasteiger partial charge on any atom is 0.191 e. The van der Waals surface area contributed by atoms with Crippen LogP contribution in [0.3, 0.4) is 0 Å². The molecule has 0 saturated heterocycles. The lowest BCUT2D eigenvalue weighted by molar-refractivity contribution is 0.610. The van der Waals surface area contributed by atoms with E-state index >= 15 is 0 Å². The van der Waals surface area contributed by atoms with Crippen molar-refractivity contribution in [2.24, 2.45) is 4.99 Å². The lowest BCUT2D eigenvalue weighted by Crippen LogP contribution is -2.38. The van der Waals surface area contributed by atoms with Gasteiger partial charge in [-0.2, -0.15) is 10.4 Å². The van der Waals surface area contributed by atoms with Crippen LogP contribution in [0.25, 0.3) is 5.69 Å². The summed E-state index contributed by atoms with van der Waals surface area (Å²) in [6, 6.07) is 16.4. The molecule has 6 nitrogen and oxygen atoms in total. The molecule has 3 rings (SSSR count). The molecule has 29 heavy (non-hydrogen) atoms. The molecule has 148 valence electrons. The van der Waals surface area contributed by atoms with Crippen molar-refractivity contribution >= 4 is 5.96 Å². The topological polar surface area (TPSA) is 78.0 Å². The normalized spacial score (nSPS) is 11.1. The van der Waals surface area contributed by atoms with Crippen LogP contribution in [-0.4, -0.2) is 28.8 Å². The van der Waals surface area contributed by atoms with Gasteiger partial charge in [-0.3, -0.25) is 0 Å². The first-order chi connectivity index (χ1) is 14.2. The van der Waals surface area contributed by atoms with Gasteiger partial charge in [-0.1, -0.05) is 12.1 Å². The molecule has 0 saturated carbocycles. The van der Waals surface area contributed by atoms with Crippen molar-refractivity contribution in [1.29, 1.82) is 5.26 Å². The van der Waals surface area contributed by atoms with Gasteiger partial charge in [0.05, 0.1) is 23.9 Å². The number of guanidine groups is 1. The Morgan fingerprint density at radius 1 is 1.21 bits per heavy atom. The van der Waals surface area contributed by atoms with E-state index in [1.807, 2.05) is 42.1 Å². The van der Waals surface area contributed by atoms with Crippen molar-refractivity contribution in [3.8, 4) is 11.8 Å². The van der Waals surface area contributed by atoms with Crippen molar-refractivity contribution in [2.75, 3.05) is 13.1 Å². The zero-order valence-corrected chi connectivity index (χ0v) is 16.3. The van der Waals surface area contributed by atoms with Crippen LogP contribution in [0.4, 0.5) is 4.39 Å². The highest BCUT2D eigenvalue weighted by atomic mass is 19.1. The molecular formula is C22H23FN6. The second-order valence-corrected chi connectivity index (χ2v) is 6.41. The van der Waals surface area contributed by atoms with Crippen LogP contribution in [0, 0.1) is 17.1 Å². The third-order valence-electron chi connectivity index (χ3n) is 4.34. The Morgan fingerprint density at radius 2 is 2.03 bits per heavy atom. The smallest absolute Gasteiger partial charge is 0.191 e. The van der Waals surface area contributed by atoms with E-state index in [1.165, 1.54) is 23.8 Å². The number of nitrogens with zero attached hydrogens (tertiary/aromatic N) is 4. The second kappa shape index (κ2) is 10.0. The van der Waals surface area contributed by atoms with Gasteiger partial charge in [0.15, 0.2) is 5.96 Å². The summed E-state index contributed by atoms with van der Waals surface area (Å²) < 4.78 is 15.7. The number of rotatable bonds is 7. The van der Waals surface area contributed by atoms with Gasteiger partial charge in [0, 0.05) is 31.0 Å². The molecule has 2 N–H and O–H groups in total. The van der Waals surface area contributed by atoms with Gasteiger partial charge in [0.25, 0.3) is 0 Å². The third kappa shape index (κ3) is 5.66. The number of hydrogen-bond acceptors (Lipinski definition) is 3. The minimum atomic E-state index is -0.360. The maximum absolute atomic E-state index is 13.9. The van der Waals surface area contributed by atoms with E-state index in [-0.39, 0.29) is 12.4 Å². The molecular weight excluding hydrogens is 367 g/mol. The average molecular weight is 390 g/mol. The molecule has 2 aromatic carbocycles. The lowest BCUT2D eigenvalue weighted by Gasteiger charge is -2.12. The summed E-state index contributed by atoms with van der Waals surface area (Å²) in [5.74, 6) is 0.253. The summed E-state index contributed by atoms with van der Waals surface area (Å²) in [4.78, 5) is 4.43. The van der Waals surface area contributed by atoms with E-state index in [1.54, 1.807) is 6.20 Å². The SMILES string of the molecule is CCNC(=NCc1cc(C#N)ccc1F)NCCc1ccc(-n2cccn2)cc1. The minimum Gasteiger partial charge on any atom is -0.357 e. The van der Waals surface area contributed by atoms with Crippen molar-refractivity contribution < 1.29 is 4.39 Å². The van der Waals surface area contributed by atoms with Gasteiger partial charge in [-0.25, -0.2) is 14.1 Å². The Bertz CT molecular complexity index is 987. The van der Waals surface area contributed by atoms with Crippen molar-refractivity contribution in [2.45, 2.75) is 19.9 Å². The molecule has 0 amide bonds. The second-order valence-electron chi connectivity index (χ2n) is 6.41. The summed E-state index contributed by atoms with van der Waals surface area (Å²) in [7, 11) is 0. The number of nitrogens with one attached hydrogen (secondary N) is 2. The molecule has 1 heterocycles. The van der Waals surface area contributed by atoms with Crippen molar-refractivity contribution in [3.63, 3.8) is 0 Å². The Balaban J connectivity index is 1.56. The predicted molar refractivity (Wildman–Crippen MR) is 111 cm³/mol. The highest BCUT2D eigenvalue weighted by Gasteiger charge is 2.05. The first kappa shape index (κ1) is 20.1. The maximum atomic E-state index is 13.9. The average Bonchev–Trinajstić information content (AvgIpc) is 3.28. The highest BCUT2D eigenvalue weighted by molar-refractivity contribution is 5.79. The van der Waals surface area contributed by atoms with Crippen molar-refractivity contribution in [3.05, 3.63) is 83.4 Å². The largest absolute Gasteiger partial charge is 0.357 e. The van der Waals surface area contributed by atoms with Gasteiger partial charge in [0.1, 0.15) is 5.82 Å². The quantitative estimate of drug-likeness (QED) is 0.480. The van der Waals surface area contributed by atoms with Crippen LogP contribution < -0.4 is 10.6 Å². The Morgan fingerprint density at radius 3 is 2.72 bits per heavy atom. The highest BCUT2D eigenvalue weighted by Crippen LogP contribution is 2.11. The van der Waals surface area contributed by atoms with E-state index in [9.17, 15) is 4.39 Å². The monoisotopic (exact) mass is 390 g/mol. The van der Waals surface area contributed by atoms with Crippen LogP contribution in [-0.2, 0) is 13.0 Å². The zero-order chi connectivity index (χ0) is 20.5. The fourth-order valence-electron chi connectivity index (χ4n) is 2.83. The minimum absolute atomic E-state index is 0.162. The number of benzene rings is 2. The Labute approximate surface area is 169 Å². The molecule has 0 atom stereocenters. The summed E-state index contributed by atoms with van der Waals surface area (Å²) in [5.41, 5.74) is 3.03. The number of aromatic nitrogens is 2. The first-order valence-corrected chi connectivity index (χ1v) is 9.49. The van der Waals surface area contributed by atoms with Crippen LogP contribution in [0.5, 0.6) is 0 Å². The number of aliphatic imine (C=N–C) groups is 1. The van der Waals surface area contributed by atoms with E-state index in [0.29, 0.717) is 30.2 Å². The molecule has 0 fully saturated rings. The predicted octanol–water partition coefficient (Wildman–Crippen LogP) is 3.18. The van der Waals surface area contributed by atoms with Crippen LogP contribution in [0.2, 0.25) is 0 Å². The van der Waals surface area contributed by atoms with E-state index in [0.717, 1.165) is 12.1 Å². The van der Waals surface area contributed by atoms with Gasteiger partial charge >= 0.3 is 0 Å². The molecule has 0 aliphatic carbocycles. The van der Waals surface area contributed by atoms with E-state index in [4.69, 9.17) is 5.26 Å². The van der Waals surface area contributed by atoms with Crippen LogP contribution in [0.1, 0.15) is 23.6 Å². The lowest BCUT2D eigenvalue weighted by atomic mass is 10.1. The summed E-state index contributed by atoms with van der Waals surface area (Å²) in [6.45, 7) is 3.52. The van der Waals surface area contributed by atoms with Crippen LogP contribution in [0.15, 0.2) is 65.9 Å². The fraction of sp³-hybridized carbons (Fsp3) is 0.227. The van der Waals surface area contributed by atoms with Gasteiger partial charge < -0.3 is 10.6 Å². The molecule has 3 aromatic rings. The summed E-state index contributed by atoms with van der Waals surface area (Å²) in [5, 5.41) is 19.6. The van der Waals surface area contributed by atoms with Crippen molar-refractivity contribution in [1.82, 2.24) is 20.4 Å². The molecule has 1 aromatic heterocycles. The first-order valence-electron chi connectivity index (χ1n) is 9.49. The fourth-order valence-corrected chi connectivity index (χ4v) is 2.83. The number of halogens is 1. The molecule has 0 unspecified atom stereocenters. The van der Waals surface area contributed by atoms with E-state index in [2.05, 4.69) is 32.9 Å². The van der Waals surface area contributed by atoms with Gasteiger partial charge in [-0.05, 0) is 55.3 Å².